The molecule has 0 aromatic rings. The summed E-state index contributed by atoms with van der Waals surface area (Å²) in [6.45, 7) is 0. The Balaban J connectivity index is 1.99. The summed E-state index contributed by atoms with van der Waals surface area (Å²) in [5, 5.41) is 10.3. The van der Waals surface area contributed by atoms with Gasteiger partial charge in [0, 0.05) is 16.8 Å². The molecule has 1 unspecified atom stereocenters. The third kappa shape index (κ3) is 0.728. The monoisotopic (exact) mass is 141 g/mol. The van der Waals surface area contributed by atoms with E-state index in [4.69, 9.17) is 0 Å². The van der Waals surface area contributed by atoms with Crippen molar-refractivity contribution in [2.45, 2.75) is 31.7 Å². The van der Waals surface area contributed by atoms with E-state index in [-0.39, 0.29) is 11.0 Å². The van der Waals surface area contributed by atoms with Crippen LogP contribution in [0.25, 0.3) is 0 Å². The lowest BCUT2D eigenvalue weighted by molar-refractivity contribution is -0.501. The molecular weight excluding hydrogens is 130 g/mol. The van der Waals surface area contributed by atoms with Gasteiger partial charge in [-0.2, -0.15) is 0 Å². The van der Waals surface area contributed by atoms with Crippen molar-refractivity contribution in [3.8, 4) is 0 Å². The number of nitrogens with zero attached hydrogens (tertiary/aromatic N) is 1. The summed E-state index contributed by atoms with van der Waals surface area (Å²) in [4.78, 5) is 10.3. The van der Waals surface area contributed by atoms with Crippen LogP contribution in [-0.4, -0.2) is 11.0 Å². The Morgan fingerprint density at radius 2 is 1.70 bits per heavy atom. The molecule has 0 amide bonds. The molecule has 0 aromatic heterocycles. The highest BCUT2D eigenvalue weighted by molar-refractivity contribution is 4.99. The van der Waals surface area contributed by atoms with Crippen molar-refractivity contribution in [1.82, 2.24) is 0 Å². The SMILES string of the molecule is O=[N+]([O-])C1[C@H]2CCCC[C@@H]12. The van der Waals surface area contributed by atoms with Gasteiger partial charge in [0.1, 0.15) is 0 Å². The van der Waals surface area contributed by atoms with E-state index in [1.165, 1.54) is 12.8 Å². The molecule has 0 saturated heterocycles. The highest BCUT2D eigenvalue weighted by Crippen LogP contribution is 2.51. The first-order valence-corrected chi connectivity index (χ1v) is 3.94. The van der Waals surface area contributed by atoms with Crippen LogP contribution in [-0.2, 0) is 0 Å². The van der Waals surface area contributed by atoms with Crippen molar-refractivity contribution in [2.75, 3.05) is 0 Å². The Hall–Kier alpha value is -0.600. The van der Waals surface area contributed by atoms with Crippen molar-refractivity contribution in [3.05, 3.63) is 10.1 Å². The first-order chi connectivity index (χ1) is 4.80. The van der Waals surface area contributed by atoms with Crippen LogP contribution in [0, 0.1) is 22.0 Å². The molecule has 2 saturated carbocycles. The first-order valence-electron chi connectivity index (χ1n) is 3.94. The van der Waals surface area contributed by atoms with Gasteiger partial charge < -0.3 is 0 Å². The van der Waals surface area contributed by atoms with Crippen LogP contribution in [0.15, 0.2) is 0 Å². The molecule has 0 heterocycles. The van der Waals surface area contributed by atoms with Gasteiger partial charge in [0.15, 0.2) is 0 Å². The van der Waals surface area contributed by atoms with Crippen LogP contribution in [0.4, 0.5) is 0 Å². The average Bonchev–Trinajstić information content (AvgIpc) is 2.60. The topological polar surface area (TPSA) is 43.1 Å². The second kappa shape index (κ2) is 1.94. The van der Waals surface area contributed by atoms with Crippen molar-refractivity contribution in [1.29, 1.82) is 0 Å². The molecule has 2 aliphatic carbocycles. The second-order valence-corrected chi connectivity index (χ2v) is 3.39. The Bertz CT molecular complexity index is 157. The number of fused-ring (bicyclic) bond motifs is 1. The Morgan fingerprint density at radius 3 is 2.10 bits per heavy atom. The Morgan fingerprint density at radius 1 is 1.20 bits per heavy atom. The third-order valence-corrected chi connectivity index (χ3v) is 2.85. The van der Waals surface area contributed by atoms with Gasteiger partial charge in [0.2, 0.25) is 6.04 Å². The minimum atomic E-state index is -0.150. The highest BCUT2D eigenvalue weighted by atomic mass is 16.6. The van der Waals surface area contributed by atoms with Gasteiger partial charge in [0.05, 0.1) is 0 Å². The summed E-state index contributed by atoms with van der Waals surface area (Å²) in [7, 11) is 0. The fourth-order valence-corrected chi connectivity index (χ4v) is 2.27. The minimum Gasteiger partial charge on any atom is -0.264 e. The minimum absolute atomic E-state index is 0.0827. The molecule has 0 bridgehead atoms. The molecule has 3 nitrogen and oxygen atoms in total. The smallest absolute Gasteiger partial charge is 0.219 e. The number of hydrogen-bond acceptors (Lipinski definition) is 2. The van der Waals surface area contributed by atoms with E-state index < -0.39 is 0 Å². The van der Waals surface area contributed by atoms with E-state index >= 15 is 0 Å². The molecule has 0 N–H and O–H groups in total. The molecule has 0 radical (unpaired) electrons. The Kier molecular flexibility index (Phi) is 1.19. The number of nitro groups is 1. The average molecular weight is 141 g/mol. The fourth-order valence-electron chi connectivity index (χ4n) is 2.27. The van der Waals surface area contributed by atoms with Crippen LogP contribution in [0.3, 0.4) is 0 Å². The predicted octanol–water partition coefficient (Wildman–Crippen LogP) is 1.45. The van der Waals surface area contributed by atoms with Gasteiger partial charge in [-0.15, -0.1) is 0 Å². The normalized spacial score (nSPS) is 44.2. The maximum absolute atomic E-state index is 10.3. The summed E-state index contributed by atoms with van der Waals surface area (Å²) in [6, 6.07) is -0.150. The van der Waals surface area contributed by atoms with Gasteiger partial charge in [0.25, 0.3) is 0 Å². The summed E-state index contributed by atoms with van der Waals surface area (Å²) in [6.07, 6.45) is 4.64. The Labute approximate surface area is 59.6 Å². The van der Waals surface area contributed by atoms with Crippen LogP contribution in [0.5, 0.6) is 0 Å². The summed E-state index contributed by atoms with van der Waals surface area (Å²) in [5.41, 5.74) is 0. The molecule has 0 aromatic carbocycles. The molecule has 0 aliphatic heterocycles. The van der Waals surface area contributed by atoms with E-state index in [9.17, 15) is 10.1 Å². The second-order valence-electron chi connectivity index (χ2n) is 3.39. The lowest BCUT2D eigenvalue weighted by Gasteiger charge is -2.02. The number of rotatable bonds is 1. The quantitative estimate of drug-likeness (QED) is 0.409. The molecule has 10 heavy (non-hydrogen) atoms. The maximum Gasteiger partial charge on any atom is 0.219 e. The summed E-state index contributed by atoms with van der Waals surface area (Å²) in [5.74, 6) is 0.924. The van der Waals surface area contributed by atoms with Crippen molar-refractivity contribution in [2.24, 2.45) is 11.8 Å². The third-order valence-electron chi connectivity index (χ3n) is 2.85. The summed E-state index contributed by atoms with van der Waals surface area (Å²) >= 11 is 0. The predicted molar refractivity (Wildman–Crippen MR) is 36.2 cm³/mol. The van der Waals surface area contributed by atoms with Gasteiger partial charge in [-0.3, -0.25) is 10.1 Å². The molecule has 3 atom stereocenters. The van der Waals surface area contributed by atoms with E-state index in [1.54, 1.807) is 0 Å². The molecule has 3 heteroatoms. The van der Waals surface area contributed by atoms with E-state index in [0.29, 0.717) is 11.8 Å². The molecule has 56 valence electrons. The molecule has 2 fully saturated rings. The lowest BCUT2D eigenvalue weighted by Crippen LogP contribution is -2.03. The van der Waals surface area contributed by atoms with Gasteiger partial charge in [-0.05, 0) is 12.8 Å². The zero-order valence-corrected chi connectivity index (χ0v) is 5.82. The molecule has 0 spiro atoms. The van der Waals surface area contributed by atoms with E-state index in [1.807, 2.05) is 0 Å². The van der Waals surface area contributed by atoms with Crippen LogP contribution >= 0.6 is 0 Å². The van der Waals surface area contributed by atoms with E-state index in [0.717, 1.165) is 12.8 Å². The van der Waals surface area contributed by atoms with Crippen molar-refractivity contribution < 1.29 is 4.92 Å². The first kappa shape index (κ1) is 6.13. The van der Waals surface area contributed by atoms with Crippen LogP contribution in [0.2, 0.25) is 0 Å². The van der Waals surface area contributed by atoms with Gasteiger partial charge in [-0.25, -0.2) is 0 Å². The van der Waals surface area contributed by atoms with Gasteiger partial charge >= 0.3 is 0 Å². The number of hydrogen-bond donors (Lipinski definition) is 0. The van der Waals surface area contributed by atoms with Crippen molar-refractivity contribution in [3.63, 3.8) is 0 Å². The zero-order valence-electron chi connectivity index (χ0n) is 5.82. The molecular formula is C7H11NO2. The summed E-state index contributed by atoms with van der Waals surface area (Å²) < 4.78 is 0. The van der Waals surface area contributed by atoms with Crippen LogP contribution < -0.4 is 0 Å². The van der Waals surface area contributed by atoms with Gasteiger partial charge in [-0.1, -0.05) is 12.8 Å². The van der Waals surface area contributed by atoms with Crippen LogP contribution in [0.1, 0.15) is 25.7 Å². The van der Waals surface area contributed by atoms with E-state index in [2.05, 4.69) is 0 Å². The largest absolute Gasteiger partial charge is 0.264 e. The molecule has 2 rings (SSSR count). The maximum atomic E-state index is 10.3. The lowest BCUT2D eigenvalue weighted by atomic mass is 10.0. The zero-order chi connectivity index (χ0) is 7.14. The molecule has 2 aliphatic rings. The highest BCUT2D eigenvalue weighted by Gasteiger charge is 2.60. The fraction of sp³-hybridized carbons (Fsp3) is 1.00. The van der Waals surface area contributed by atoms with Crippen molar-refractivity contribution >= 4 is 0 Å². The standard InChI is InChI=1S/C7H11NO2/c9-8(10)7-5-3-1-2-4-6(5)7/h5-7H,1-4H2/t5-,6+,7?.